The van der Waals surface area contributed by atoms with E-state index in [9.17, 15) is 13.2 Å². The van der Waals surface area contributed by atoms with Gasteiger partial charge in [0.05, 0.1) is 6.54 Å². The maximum absolute atomic E-state index is 12.5. The zero-order valence-corrected chi connectivity index (χ0v) is 14.4. The van der Waals surface area contributed by atoms with Crippen LogP contribution in [0, 0.1) is 5.92 Å². The van der Waals surface area contributed by atoms with Gasteiger partial charge in [0.2, 0.25) is 15.9 Å². The maximum Gasteiger partial charge on any atom is 0.244 e. The number of hydrogen-bond donors (Lipinski definition) is 1. The zero-order chi connectivity index (χ0) is 16.9. The summed E-state index contributed by atoms with van der Waals surface area (Å²) in [5.41, 5.74) is 0. The largest absolute Gasteiger partial charge is 0.355 e. The van der Waals surface area contributed by atoms with Crippen molar-refractivity contribution in [2.45, 2.75) is 18.7 Å². The molecule has 0 radical (unpaired) electrons. The molecule has 0 unspecified atom stereocenters. The van der Waals surface area contributed by atoms with Crippen molar-refractivity contribution >= 4 is 15.9 Å². The average Bonchev–Trinajstić information content (AvgIpc) is 2.54. The van der Waals surface area contributed by atoms with Gasteiger partial charge in [-0.3, -0.25) is 14.7 Å². The SMILES string of the molecule is CC(C)CNC(=O)CN1CCN(S(=O)(=O)c2cccnc2)CC1. The molecule has 1 aliphatic rings. The van der Waals surface area contributed by atoms with Gasteiger partial charge >= 0.3 is 0 Å². The van der Waals surface area contributed by atoms with Gasteiger partial charge in [0, 0.05) is 45.1 Å². The second-order valence-electron chi connectivity index (χ2n) is 6.07. The van der Waals surface area contributed by atoms with Crippen molar-refractivity contribution in [2.24, 2.45) is 5.92 Å². The Labute approximate surface area is 137 Å². The molecule has 2 rings (SSSR count). The zero-order valence-electron chi connectivity index (χ0n) is 13.6. The Balaban J connectivity index is 1.85. The molecule has 1 amide bonds. The molecule has 0 bridgehead atoms. The molecule has 1 N–H and O–H groups in total. The van der Waals surface area contributed by atoms with Crippen LogP contribution in [0.2, 0.25) is 0 Å². The first kappa shape index (κ1) is 17.8. The van der Waals surface area contributed by atoms with E-state index in [0.717, 1.165) is 0 Å². The number of piperazine rings is 1. The first-order valence-electron chi connectivity index (χ1n) is 7.79. The van der Waals surface area contributed by atoms with Crippen LogP contribution in [0.4, 0.5) is 0 Å². The lowest BCUT2D eigenvalue weighted by atomic mass is 10.2. The van der Waals surface area contributed by atoms with E-state index in [4.69, 9.17) is 0 Å². The highest BCUT2D eigenvalue weighted by molar-refractivity contribution is 7.89. The highest BCUT2D eigenvalue weighted by Crippen LogP contribution is 2.16. The fourth-order valence-electron chi connectivity index (χ4n) is 2.35. The summed E-state index contributed by atoms with van der Waals surface area (Å²) in [6.07, 6.45) is 2.91. The second-order valence-corrected chi connectivity index (χ2v) is 8.00. The lowest BCUT2D eigenvalue weighted by Crippen LogP contribution is -2.51. The Morgan fingerprint density at radius 3 is 2.57 bits per heavy atom. The van der Waals surface area contributed by atoms with E-state index in [2.05, 4.69) is 10.3 Å². The van der Waals surface area contributed by atoms with Crippen LogP contribution in [0.5, 0.6) is 0 Å². The van der Waals surface area contributed by atoms with Gasteiger partial charge < -0.3 is 5.32 Å². The van der Waals surface area contributed by atoms with Crippen LogP contribution >= 0.6 is 0 Å². The molecule has 0 aliphatic carbocycles. The first-order valence-corrected chi connectivity index (χ1v) is 9.23. The van der Waals surface area contributed by atoms with Crippen molar-refractivity contribution in [3.63, 3.8) is 0 Å². The van der Waals surface area contributed by atoms with Crippen LogP contribution in [-0.2, 0) is 14.8 Å². The van der Waals surface area contributed by atoms with Gasteiger partial charge in [0.1, 0.15) is 4.90 Å². The van der Waals surface area contributed by atoms with E-state index < -0.39 is 10.0 Å². The number of rotatable bonds is 6. The summed E-state index contributed by atoms with van der Waals surface area (Å²) in [7, 11) is -3.49. The summed E-state index contributed by atoms with van der Waals surface area (Å²) in [4.78, 5) is 17.9. The van der Waals surface area contributed by atoms with E-state index in [1.165, 1.54) is 10.5 Å². The van der Waals surface area contributed by atoms with Gasteiger partial charge in [-0.2, -0.15) is 4.31 Å². The minimum Gasteiger partial charge on any atom is -0.355 e. The normalized spacial score (nSPS) is 17.3. The third-order valence-corrected chi connectivity index (χ3v) is 5.56. The third-order valence-electron chi connectivity index (χ3n) is 3.68. The molecule has 0 spiro atoms. The summed E-state index contributed by atoms with van der Waals surface area (Å²) in [6.45, 7) is 6.93. The van der Waals surface area contributed by atoms with E-state index in [0.29, 0.717) is 45.2 Å². The Hall–Kier alpha value is -1.51. The number of aromatic nitrogens is 1. The minimum atomic E-state index is -3.49. The Kier molecular flexibility index (Phi) is 6.09. The number of amides is 1. The molecule has 1 saturated heterocycles. The van der Waals surface area contributed by atoms with Crippen molar-refractivity contribution in [1.29, 1.82) is 0 Å². The number of sulfonamides is 1. The van der Waals surface area contributed by atoms with Gasteiger partial charge in [-0.25, -0.2) is 8.42 Å². The number of pyridine rings is 1. The highest BCUT2D eigenvalue weighted by atomic mass is 32.2. The van der Waals surface area contributed by atoms with Crippen molar-refractivity contribution in [1.82, 2.24) is 19.5 Å². The summed E-state index contributed by atoms with van der Waals surface area (Å²) in [5, 5.41) is 2.88. The monoisotopic (exact) mass is 340 g/mol. The fraction of sp³-hybridized carbons (Fsp3) is 0.600. The topological polar surface area (TPSA) is 82.6 Å². The average molecular weight is 340 g/mol. The molecular weight excluding hydrogens is 316 g/mol. The quantitative estimate of drug-likeness (QED) is 0.798. The molecule has 0 aromatic carbocycles. The van der Waals surface area contributed by atoms with Crippen molar-refractivity contribution < 1.29 is 13.2 Å². The third kappa shape index (κ3) is 4.98. The summed E-state index contributed by atoms with van der Waals surface area (Å²) < 4.78 is 26.4. The lowest BCUT2D eigenvalue weighted by molar-refractivity contribution is -0.122. The smallest absolute Gasteiger partial charge is 0.244 e. The molecular formula is C15H24N4O3S. The van der Waals surface area contributed by atoms with E-state index in [1.807, 2.05) is 18.7 Å². The number of carbonyl (C=O) groups excluding carboxylic acids is 1. The van der Waals surface area contributed by atoms with E-state index >= 15 is 0 Å². The summed E-state index contributed by atoms with van der Waals surface area (Å²) in [5.74, 6) is 0.405. The molecule has 0 saturated carbocycles. The number of nitrogens with one attached hydrogen (secondary N) is 1. The van der Waals surface area contributed by atoms with Crippen LogP contribution in [0.1, 0.15) is 13.8 Å². The summed E-state index contributed by atoms with van der Waals surface area (Å²) >= 11 is 0. The second kappa shape index (κ2) is 7.85. The van der Waals surface area contributed by atoms with Gasteiger partial charge in [-0.05, 0) is 18.1 Å². The first-order chi connectivity index (χ1) is 10.9. The molecule has 1 aliphatic heterocycles. The van der Waals surface area contributed by atoms with Gasteiger partial charge in [-0.15, -0.1) is 0 Å². The molecule has 1 aromatic rings. The predicted octanol–water partition coefficient (Wildman–Crippen LogP) is 0.160. The molecule has 128 valence electrons. The van der Waals surface area contributed by atoms with Crippen molar-refractivity contribution in [3.8, 4) is 0 Å². The number of hydrogen-bond acceptors (Lipinski definition) is 5. The van der Waals surface area contributed by atoms with E-state index in [-0.39, 0.29) is 10.8 Å². The van der Waals surface area contributed by atoms with Crippen molar-refractivity contribution in [2.75, 3.05) is 39.3 Å². The standard InChI is InChI=1S/C15H24N4O3S/c1-13(2)10-17-15(20)12-18-6-8-19(9-7-18)23(21,22)14-4-3-5-16-11-14/h3-5,11,13H,6-10,12H2,1-2H3,(H,17,20). The molecule has 1 fully saturated rings. The predicted molar refractivity (Wildman–Crippen MR) is 87.3 cm³/mol. The van der Waals surface area contributed by atoms with Crippen LogP contribution in [0.3, 0.4) is 0 Å². The molecule has 7 nitrogen and oxygen atoms in total. The van der Waals surface area contributed by atoms with Gasteiger partial charge in [0.25, 0.3) is 0 Å². The van der Waals surface area contributed by atoms with Gasteiger partial charge in [0.15, 0.2) is 0 Å². The maximum atomic E-state index is 12.5. The lowest BCUT2D eigenvalue weighted by Gasteiger charge is -2.33. The van der Waals surface area contributed by atoms with Crippen LogP contribution in [-0.4, -0.2) is 67.8 Å². The Morgan fingerprint density at radius 1 is 1.30 bits per heavy atom. The van der Waals surface area contributed by atoms with E-state index in [1.54, 1.807) is 18.3 Å². The minimum absolute atomic E-state index is 0.0118. The number of carbonyl (C=O) groups is 1. The molecule has 2 heterocycles. The molecule has 1 aromatic heterocycles. The molecule has 0 atom stereocenters. The molecule has 23 heavy (non-hydrogen) atoms. The highest BCUT2D eigenvalue weighted by Gasteiger charge is 2.29. The summed E-state index contributed by atoms with van der Waals surface area (Å²) in [6, 6.07) is 3.16. The van der Waals surface area contributed by atoms with Crippen LogP contribution in [0.25, 0.3) is 0 Å². The Morgan fingerprint density at radius 2 is 2.00 bits per heavy atom. The number of nitrogens with zero attached hydrogens (tertiary/aromatic N) is 3. The van der Waals surface area contributed by atoms with Gasteiger partial charge in [-0.1, -0.05) is 13.8 Å². The van der Waals surface area contributed by atoms with Crippen molar-refractivity contribution in [3.05, 3.63) is 24.5 Å². The molecule has 8 heteroatoms. The van der Waals surface area contributed by atoms with Crippen LogP contribution < -0.4 is 5.32 Å². The fourth-order valence-corrected chi connectivity index (χ4v) is 3.74. The van der Waals surface area contributed by atoms with Crippen LogP contribution in [0.15, 0.2) is 29.4 Å². The Bertz CT molecular complexity index is 611.